The number of hydrogen-bond acceptors (Lipinski definition) is 10. The Morgan fingerprint density at radius 3 is 1.63 bits per heavy atom. The standard InChI is InChI=1S/C31H26N4OS5/c1-13(2)30-19(37-5)11-17(39-30)21-24-25(33-28-23(32-24)15-9-7-8-10-16(15)29(28)36)22(27-26(21)34-41-35-27)18-12-20(38-6)31(40-18)14(3)4/h7-14H,1-6H3. The predicted octanol–water partition coefficient (Wildman–Crippen LogP) is 9.99. The van der Waals surface area contributed by atoms with Crippen LogP contribution in [0.1, 0.15) is 65.3 Å². The molecule has 0 saturated heterocycles. The van der Waals surface area contributed by atoms with E-state index in [9.17, 15) is 4.79 Å². The van der Waals surface area contributed by atoms with Crippen LogP contribution in [-0.2, 0) is 0 Å². The van der Waals surface area contributed by atoms with Gasteiger partial charge in [0.25, 0.3) is 0 Å². The van der Waals surface area contributed by atoms with Crippen LogP contribution in [0.4, 0.5) is 0 Å². The summed E-state index contributed by atoms with van der Waals surface area (Å²) in [5.74, 6) is 0.717. The van der Waals surface area contributed by atoms with Gasteiger partial charge in [-0.25, -0.2) is 9.97 Å². The van der Waals surface area contributed by atoms with Crippen molar-refractivity contribution in [2.75, 3.05) is 12.5 Å². The highest BCUT2D eigenvalue weighted by molar-refractivity contribution is 7.99. The molecule has 7 rings (SSSR count). The Labute approximate surface area is 259 Å². The fraction of sp³-hybridized carbons (Fsp3) is 0.258. The van der Waals surface area contributed by atoms with E-state index in [0.29, 0.717) is 28.8 Å². The van der Waals surface area contributed by atoms with Crippen LogP contribution in [0.3, 0.4) is 0 Å². The van der Waals surface area contributed by atoms with Crippen molar-refractivity contribution in [3.05, 3.63) is 57.4 Å². The second-order valence-corrected chi connectivity index (χ2v) is 15.0. The molecule has 0 aliphatic heterocycles. The van der Waals surface area contributed by atoms with E-state index >= 15 is 0 Å². The van der Waals surface area contributed by atoms with Gasteiger partial charge >= 0.3 is 0 Å². The minimum Gasteiger partial charge on any atom is -0.287 e. The maximum absolute atomic E-state index is 13.6. The maximum atomic E-state index is 13.6. The molecule has 6 aromatic rings. The lowest BCUT2D eigenvalue weighted by atomic mass is 10.0. The van der Waals surface area contributed by atoms with E-state index in [1.54, 1.807) is 46.2 Å². The third-order valence-corrected chi connectivity index (χ3v) is 12.7. The molecule has 0 bridgehead atoms. The van der Waals surface area contributed by atoms with Gasteiger partial charge in [-0.3, -0.25) is 4.79 Å². The quantitative estimate of drug-likeness (QED) is 0.169. The van der Waals surface area contributed by atoms with Gasteiger partial charge in [-0.05, 0) is 36.5 Å². The molecule has 41 heavy (non-hydrogen) atoms. The van der Waals surface area contributed by atoms with Crippen molar-refractivity contribution in [2.24, 2.45) is 0 Å². The molecule has 0 saturated carbocycles. The van der Waals surface area contributed by atoms with Gasteiger partial charge in [0, 0.05) is 51.6 Å². The van der Waals surface area contributed by atoms with Crippen molar-refractivity contribution in [2.45, 2.75) is 49.3 Å². The van der Waals surface area contributed by atoms with Crippen molar-refractivity contribution in [1.29, 1.82) is 0 Å². The molecule has 0 radical (unpaired) electrons. The first-order chi connectivity index (χ1) is 19.8. The molecule has 10 heteroatoms. The van der Waals surface area contributed by atoms with Gasteiger partial charge in [0.1, 0.15) is 33.5 Å². The lowest BCUT2D eigenvalue weighted by molar-refractivity contribution is 0.103. The molecule has 1 aliphatic rings. The summed E-state index contributed by atoms with van der Waals surface area (Å²) < 4.78 is 9.73. The molecule has 4 heterocycles. The molecular formula is C31H26N4OS5. The summed E-state index contributed by atoms with van der Waals surface area (Å²) in [4.78, 5) is 31.4. The van der Waals surface area contributed by atoms with E-state index < -0.39 is 0 Å². The van der Waals surface area contributed by atoms with E-state index in [1.165, 1.54) is 31.3 Å². The summed E-state index contributed by atoms with van der Waals surface area (Å²) in [6, 6.07) is 12.2. The van der Waals surface area contributed by atoms with Crippen molar-refractivity contribution in [3.8, 4) is 32.1 Å². The first-order valence-electron chi connectivity index (χ1n) is 13.3. The molecule has 5 nitrogen and oxygen atoms in total. The zero-order valence-electron chi connectivity index (χ0n) is 23.4. The monoisotopic (exact) mass is 630 g/mol. The minimum absolute atomic E-state index is 0.0734. The number of nitrogens with zero attached hydrogens (tertiary/aromatic N) is 4. The van der Waals surface area contributed by atoms with Gasteiger partial charge in [-0.2, -0.15) is 8.75 Å². The number of carbonyl (C=O) groups excluding carboxylic acids is 1. The van der Waals surface area contributed by atoms with E-state index in [2.05, 4.69) is 52.3 Å². The van der Waals surface area contributed by atoms with Crippen molar-refractivity contribution in [3.63, 3.8) is 0 Å². The number of thiophene rings is 2. The number of rotatable bonds is 6. The normalized spacial score (nSPS) is 12.8. The molecule has 2 aromatic carbocycles. The molecule has 4 aromatic heterocycles. The third-order valence-electron chi connectivity index (χ3n) is 7.40. The van der Waals surface area contributed by atoms with Crippen LogP contribution in [0.15, 0.2) is 46.2 Å². The Morgan fingerprint density at radius 1 is 0.683 bits per heavy atom. The maximum Gasteiger partial charge on any atom is 0.214 e. The molecular weight excluding hydrogens is 605 g/mol. The fourth-order valence-corrected chi connectivity index (χ4v) is 10.5. The minimum atomic E-state index is -0.0734. The lowest BCUT2D eigenvalue weighted by Crippen LogP contribution is -2.02. The molecule has 0 N–H and O–H groups in total. The second-order valence-electron chi connectivity index (χ2n) is 10.6. The van der Waals surface area contributed by atoms with E-state index in [0.717, 1.165) is 48.5 Å². The molecule has 1 aliphatic carbocycles. The average molecular weight is 631 g/mol. The molecule has 0 atom stereocenters. The number of ketones is 1. The fourth-order valence-electron chi connectivity index (χ4n) is 5.50. The Kier molecular flexibility index (Phi) is 6.82. The summed E-state index contributed by atoms with van der Waals surface area (Å²) >= 11 is 8.32. The van der Waals surface area contributed by atoms with E-state index in [-0.39, 0.29) is 5.78 Å². The van der Waals surface area contributed by atoms with Crippen molar-refractivity contribution in [1.82, 2.24) is 18.7 Å². The average Bonchev–Trinajstić information content (AvgIpc) is 3.76. The zero-order valence-corrected chi connectivity index (χ0v) is 27.4. The highest BCUT2D eigenvalue weighted by atomic mass is 32.2. The van der Waals surface area contributed by atoms with Crippen LogP contribution in [-0.4, -0.2) is 37.0 Å². The zero-order chi connectivity index (χ0) is 28.6. The number of carbonyl (C=O) groups is 1. The smallest absolute Gasteiger partial charge is 0.214 e. The van der Waals surface area contributed by atoms with Gasteiger partial charge < -0.3 is 0 Å². The van der Waals surface area contributed by atoms with Crippen LogP contribution in [0.2, 0.25) is 0 Å². The van der Waals surface area contributed by atoms with Crippen molar-refractivity contribution >= 4 is 85.8 Å². The van der Waals surface area contributed by atoms with Gasteiger partial charge in [-0.15, -0.1) is 46.2 Å². The largest absolute Gasteiger partial charge is 0.287 e. The third kappa shape index (κ3) is 4.13. The SMILES string of the molecule is CSc1cc(-c2c3nsnc3c(-c3cc(SC)c(C(C)C)s3)c3nc4c(nc23)C(=O)c2ccccc2-4)sc1C(C)C. The Hall–Kier alpha value is -2.63. The molecule has 0 unspecified atom stereocenters. The van der Waals surface area contributed by atoms with Crippen LogP contribution in [0, 0.1) is 0 Å². The number of hydrogen-bond donors (Lipinski definition) is 0. The molecule has 0 spiro atoms. The molecule has 206 valence electrons. The first-order valence-corrected chi connectivity index (χ1v) is 18.1. The second kappa shape index (κ2) is 10.3. The summed E-state index contributed by atoms with van der Waals surface area (Å²) in [5, 5.41) is 0. The van der Waals surface area contributed by atoms with Gasteiger partial charge in [0.05, 0.1) is 11.7 Å². The van der Waals surface area contributed by atoms with Gasteiger partial charge in [0.2, 0.25) is 5.78 Å². The summed E-state index contributed by atoms with van der Waals surface area (Å²) in [5.41, 5.74) is 7.60. The summed E-state index contributed by atoms with van der Waals surface area (Å²) in [7, 11) is 0. The topological polar surface area (TPSA) is 68.6 Å². The van der Waals surface area contributed by atoms with Gasteiger partial charge in [0.15, 0.2) is 0 Å². The Bertz CT molecular complexity index is 2020. The predicted molar refractivity (Wildman–Crippen MR) is 178 cm³/mol. The number of benzene rings is 2. The first kappa shape index (κ1) is 27.2. The highest BCUT2D eigenvalue weighted by Gasteiger charge is 2.33. The number of thioether (sulfide) groups is 2. The van der Waals surface area contributed by atoms with Gasteiger partial charge in [-0.1, -0.05) is 52.0 Å². The molecule has 0 fully saturated rings. The van der Waals surface area contributed by atoms with Crippen molar-refractivity contribution < 1.29 is 4.79 Å². The number of aromatic nitrogens is 4. The lowest BCUT2D eigenvalue weighted by Gasteiger charge is -2.12. The Morgan fingerprint density at radius 2 is 1.17 bits per heavy atom. The van der Waals surface area contributed by atoms with Crippen LogP contribution in [0.25, 0.3) is 54.2 Å². The summed E-state index contributed by atoms with van der Waals surface area (Å²) in [6.45, 7) is 8.92. The van der Waals surface area contributed by atoms with E-state index in [4.69, 9.17) is 18.7 Å². The highest BCUT2D eigenvalue weighted by Crippen LogP contribution is 2.50. The van der Waals surface area contributed by atoms with E-state index in [1.807, 2.05) is 24.3 Å². The number of fused-ring (bicyclic) bond motifs is 5. The summed E-state index contributed by atoms with van der Waals surface area (Å²) in [6.07, 6.45) is 4.24. The van der Waals surface area contributed by atoms with Crippen LogP contribution < -0.4 is 0 Å². The van der Waals surface area contributed by atoms with Crippen LogP contribution in [0.5, 0.6) is 0 Å². The Balaban J connectivity index is 1.63. The molecule has 0 amide bonds. The van der Waals surface area contributed by atoms with Crippen LogP contribution >= 0.6 is 57.9 Å².